The summed E-state index contributed by atoms with van der Waals surface area (Å²) in [5.41, 5.74) is 0.652. The lowest BCUT2D eigenvalue weighted by atomic mass is 10.1. The van der Waals surface area contributed by atoms with E-state index in [4.69, 9.17) is 4.74 Å². The van der Waals surface area contributed by atoms with E-state index in [1.807, 2.05) is 11.9 Å². The third-order valence-electron chi connectivity index (χ3n) is 5.09. The molecule has 1 N–H and O–H groups in total. The Kier molecular flexibility index (Phi) is 5.24. The fraction of sp³-hybridized carbons (Fsp3) is 0.556. The molecular formula is C18H25N3O4. The van der Waals surface area contributed by atoms with Crippen molar-refractivity contribution in [1.29, 1.82) is 0 Å². The van der Waals surface area contributed by atoms with Crippen molar-refractivity contribution >= 4 is 11.9 Å². The van der Waals surface area contributed by atoms with Crippen molar-refractivity contribution in [2.75, 3.05) is 53.4 Å². The fourth-order valence-electron chi connectivity index (χ4n) is 3.71. The van der Waals surface area contributed by atoms with Crippen LogP contribution >= 0.6 is 0 Å². The van der Waals surface area contributed by atoms with Crippen LogP contribution in [-0.2, 0) is 4.79 Å². The Balaban J connectivity index is 1.69. The van der Waals surface area contributed by atoms with Gasteiger partial charge in [-0.15, -0.1) is 0 Å². The largest absolute Gasteiger partial charge is 0.497 e. The van der Waals surface area contributed by atoms with Crippen LogP contribution in [-0.4, -0.2) is 91.2 Å². The Hall–Kier alpha value is -2.12. The summed E-state index contributed by atoms with van der Waals surface area (Å²) in [5, 5.41) is 9.37. The Morgan fingerprint density at radius 1 is 1.08 bits per heavy atom. The van der Waals surface area contributed by atoms with E-state index in [0.717, 1.165) is 12.3 Å². The molecule has 0 aliphatic carbocycles. The van der Waals surface area contributed by atoms with Crippen LogP contribution in [0.1, 0.15) is 10.4 Å². The van der Waals surface area contributed by atoms with Crippen LogP contribution in [0.15, 0.2) is 24.3 Å². The van der Waals surface area contributed by atoms with Gasteiger partial charge in [-0.1, -0.05) is 0 Å². The number of likely N-dealkylation sites (N-methyl/N-ethyl adjacent to an activating group) is 1. The molecule has 0 radical (unpaired) electrons. The number of carboxylic acids is 1. The molecule has 1 amide bonds. The number of hydrogen-bond acceptors (Lipinski definition) is 5. The number of aliphatic carboxylic acids is 1. The SMILES string of the molecule is COc1ccc(C(=O)N2CCN3C[C@H](C(=O)O)CN(C)C[C@@H]3C2)cc1. The van der Waals surface area contributed by atoms with Gasteiger partial charge in [0.05, 0.1) is 13.0 Å². The second-order valence-electron chi connectivity index (χ2n) is 6.88. The maximum Gasteiger partial charge on any atom is 0.309 e. The monoisotopic (exact) mass is 347 g/mol. The average Bonchev–Trinajstić information content (AvgIpc) is 2.78. The molecule has 2 atom stereocenters. The molecule has 2 aliphatic rings. The molecule has 0 unspecified atom stereocenters. The molecule has 0 spiro atoms. The third kappa shape index (κ3) is 3.93. The van der Waals surface area contributed by atoms with Crippen molar-refractivity contribution in [1.82, 2.24) is 14.7 Å². The number of carboxylic acid groups (broad SMARTS) is 1. The van der Waals surface area contributed by atoms with Gasteiger partial charge in [-0.3, -0.25) is 14.5 Å². The van der Waals surface area contributed by atoms with Crippen LogP contribution in [0.3, 0.4) is 0 Å². The average molecular weight is 347 g/mol. The fourth-order valence-corrected chi connectivity index (χ4v) is 3.71. The summed E-state index contributed by atoms with van der Waals surface area (Å²) in [7, 11) is 3.55. The zero-order valence-corrected chi connectivity index (χ0v) is 14.7. The van der Waals surface area contributed by atoms with Crippen LogP contribution in [0.5, 0.6) is 5.75 Å². The smallest absolute Gasteiger partial charge is 0.309 e. The van der Waals surface area contributed by atoms with Crippen molar-refractivity contribution in [2.24, 2.45) is 5.92 Å². The number of methoxy groups -OCH3 is 1. The van der Waals surface area contributed by atoms with Crippen molar-refractivity contribution in [2.45, 2.75) is 6.04 Å². The normalized spacial score (nSPS) is 25.1. The van der Waals surface area contributed by atoms with Crippen LogP contribution < -0.4 is 4.74 Å². The van der Waals surface area contributed by atoms with Crippen molar-refractivity contribution in [3.8, 4) is 5.75 Å². The van der Waals surface area contributed by atoms with E-state index in [1.54, 1.807) is 31.4 Å². The first-order chi connectivity index (χ1) is 12.0. The molecule has 1 aromatic carbocycles. The minimum absolute atomic E-state index is 0.0176. The molecular weight excluding hydrogens is 322 g/mol. The lowest BCUT2D eigenvalue weighted by molar-refractivity contribution is -0.142. The highest BCUT2D eigenvalue weighted by atomic mass is 16.5. The molecule has 2 fully saturated rings. The summed E-state index contributed by atoms with van der Waals surface area (Å²) in [6.07, 6.45) is 0. The summed E-state index contributed by atoms with van der Waals surface area (Å²) in [6, 6.07) is 7.33. The maximum absolute atomic E-state index is 12.8. The maximum atomic E-state index is 12.8. The van der Waals surface area contributed by atoms with Crippen molar-refractivity contribution < 1.29 is 19.4 Å². The number of nitrogens with zero attached hydrogens (tertiary/aromatic N) is 3. The Labute approximate surface area is 147 Å². The van der Waals surface area contributed by atoms with Crippen LogP contribution in [0, 0.1) is 5.92 Å². The molecule has 7 heteroatoms. The molecule has 25 heavy (non-hydrogen) atoms. The van der Waals surface area contributed by atoms with Crippen LogP contribution in [0.2, 0.25) is 0 Å². The highest BCUT2D eigenvalue weighted by Crippen LogP contribution is 2.20. The lowest BCUT2D eigenvalue weighted by Gasteiger charge is -2.41. The Bertz CT molecular complexity index is 634. The topological polar surface area (TPSA) is 73.3 Å². The molecule has 1 aromatic rings. The van der Waals surface area contributed by atoms with E-state index >= 15 is 0 Å². The molecule has 7 nitrogen and oxygen atoms in total. The Morgan fingerprint density at radius 2 is 1.80 bits per heavy atom. The first kappa shape index (κ1) is 17.7. The van der Waals surface area contributed by atoms with Gasteiger partial charge in [0, 0.05) is 50.9 Å². The zero-order valence-electron chi connectivity index (χ0n) is 14.7. The van der Waals surface area contributed by atoms with E-state index in [9.17, 15) is 14.7 Å². The van der Waals surface area contributed by atoms with E-state index in [0.29, 0.717) is 38.3 Å². The molecule has 2 saturated heterocycles. The first-order valence-electron chi connectivity index (χ1n) is 8.56. The van der Waals surface area contributed by atoms with E-state index < -0.39 is 5.97 Å². The van der Waals surface area contributed by atoms with Gasteiger partial charge < -0.3 is 19.6 Å². The number of amides is 1. The van der Waals surface area contributed by atoms with Crippen molar-refractivity contribution in [3.63, 3.8) is 0 Å². The predicted octanol–water partition coefficient (Wildman–Crippen LogP) is 0.468. The molecule has 136 valence electrons. The standard InChI is InChI=1S/C18H25N3O4/c1-19-9-14(18(23)24)10-20-7-8-21(12-15(20)11-19)17(22)13-3-5-16(25-2)6-4-13/h3-6,14-15H,7-12H2,1-2H3,(H,23,24)/t14-,15-/m1/s1. The zero-order chi connectivity index (χ0) is 18.0. The highest BCUT2D eigenvalue weighted by molar-refractivity contribution is 5.94. The minimum Gasteiger partial charge on any atom is -0.497 e. The van der Waals surface area contributed by atoms with E-state index in [-0.39, 0.29) is 17.9 Å². The summed E-state index contributed by atoms with van der Waals surface area (Å²) in [4.78, 5) is 30.3. The molecule has 0 saturated carbocycles. The summed E-state index contributed by atoms with van der Waals surface area (Å²) in [5.74, 6) is -0.376. The van der Waals surface area contributed by atoms with Crippen LogP contribution in [0.25, 0.3) is 0 Å². The summed E-state index contributed by atoms with van der Waals surface area (Å²) in [6.45, 7) is 3.84. The number of carbonyl (C=O) groups is 2. The summed E-state index contributed by atoms with van der Waals surface area (Å²) >= 11 is 0. The molecule has 3 rings (SSSR count). The molecule has 0 bridgehead atoms. The van der Waals surface area contributed by atoms with Gasteiger partial charge in [0.1, 0.15) is 5.75 Å². The first-order valence-corrected chi connectivity index (χ1v) is 8.56. The summed E-state index contributed by atoms with van der Waals surface area (Å²) < 4.78 is 5.14. The van der Waals surface area contributed by atoms with E-state index in [1.165, 1.54) is 0 Å². The van der Waals surface area contributed by atoms with E-state index in [2.05, 4.69) is 9.80 Å². The van der Waals surface area contributed by atoms with Gasteiger partial charge in [-0.25, -0.2) is 0 Å². The predicted molar refractivity (Wildman–Crippen MR) is 92.9 cm³/mol. The van der Waals surface area contributed by atoms with Gasteiger partial charge in [0.15, 0.2) is 0 Å². The van der Waals surface area contributed by atoms with Gasteiger partial charge in [-0.2, -0.15) is 0 Å². The van der Waals surface area contributed by atoms with Crippen molar-refractivity contribution in [3.05, 3.63) is 29.8 Å². The van der Waals surface area contributed by atoms with Gasteiger partial charge in [0.2, 0.25) is 0 Å². The van der Waals surface area contributed by atoms with Crippen LogP contribution in [0.4, 0.5) is 0 Å². The number of piperazine rings is 1. The number of ether oxygens (including phenoxy) is 1. The third-order valence-corrected chi connectivity index (χ3v) is 5.09. The van der Waals surface area contributed by atoms with Gasteiger partial charge >= 0.3 is 5.97 Å². The number of benzene rings is 1. The molecule has 2 aliphatic heterocycles. The second kappa shape index (κ2) is 7.41. The lowest BCUT2D eigenvalue weighted by Crippen LogP contribution is -2.57. The number of hydrogen-bond donors (Lipinski definition) is 1. The van der Waals surface area contributed by atoms with Gasteiger partial charge in [-0.05, 0) is 31.3 Å². The number of fused-ring (bicyclic) bond motifs is 1. The van der Waals surface area contributed by atoms with Gasteiger partial charge in [0.25, 0.3) is 5.91 Å². The minimum atomic E-state index is -0.746. The molecule has 0 aromatic heterocycles. The molecule has 2 heterocycles. The second-order valence-corrected chi connectivity index (χ2v) is 6.88. The number of carbonyl (C=O) groups excluding carboxylic acids is 1. The number of rotatable bonds is 3. The quantitative estimate of drug-likeness (QED) is 0.857. The highest BCUT2D eigenvalue weighted by Gasteiger charge is 2.36. The Morgan fingerprint density at radius 3 is 2.44 bits per heavy atom.